The number of nitrogens with one attached hydrogen (secondary N) is 1. The molecular weight excluding hydrogens is 238 g/mol. The van der Waals surface area contributed by atoms with Crippen molar-refractivity contribution in [3.8, 4) is 17.1 Å². The first-order chi connectivity index (χ1) is 9.42. The summed E-state index contributed by atoms with van der Waals surface area (Å²) in [6, 6.07) is 12.1. The Morgan fingerprint density at radius 1 is 1.16 bits per heavy atom. The first kappa shape index (κ1) is 12.2. The highest BCUT2D eigenvalue weighted by molar-refractivity contribution is 5.59. The maximum absolute atomic E-state index is 5.69. The molecule has 0 unspecified atom stereocenters. The SMILES string of the molecule is c1ccc(-c2cc(OCCN3CCCC3)n[nH]2)cc1. The monoisotopic (exact) mass is 257 g/mol. The quantitative estimate of drug-likeness (QED) is 0.895. The lowest BCUT2D eigenvalue weighted by atomic mass is 10.2. The molecule has 1 aromatic heterocycles. The molecule has 0 radical (unpaired) electrons. The normalized spacial score (nSPS) is 15.8. The van der Waals surface area contributed by atoms with Gasteiger partial charge in [-0.05, 0) is 31.5 Å². The second-order valence-corrected chi connectivity index (χ2v) is 4.88. The van der Waals surface area contributed by atoms with E-state index < -0.39 is 0 Å². The van der Waals surface area contributed by atoms with Crippen molar-refractivity contribution in [2.75, 3.05) is 26.2 Å². The number of aromatic amines is 1. The van der Waals surface area contributed by atoms with Crippen LogP contribution in [0.1, 0.15) is 12.8 Å². The highest BCUT2D eigenvalue weighted by Gasteiger charge is 2.11. The fourth-order valence-corrected chi connectivity index (χ4v) is 2.43. The van der Waals surface area contributed by atoms with Crippen LogP contribution in [0.25, 0.3) is 11.3 Å². The molecule has 1 aliphatic rings. The minimum Gasteiger partial charge on any atom is -0.475 e. The number of rotatable bonds is 5. The summed E-state index contributed by atoms with van der Waals surface area (Å²) < 4.78 is 5.69. The van der Waals surface area contributed by atoms with Crippen LogP contribution in [0.15, 0.2) is 36.4 Å². The van der Waals surface area contributed by atoms with E-state index >= 15 is 0 Å². The van der Waals surface area contributed by atoms with Crippen molar-refractivity contribution in [2.45, 2.75) is 12.8 Å². The Bertz CT molecular complexity index is 503. The molecule has 0 atom stereocenters. The number of ether oxygens (including phenoxy) is 1. The van der Waals surface area contributed by atoms with Gasteiger partial charge < -0.3 is 4.74 Å². The molecule has 4 nitrogen and oxygen atoms in total. The zero-order chi connectivity index (χ0) is 12.9. The van der Waals surface area contributed by atoms with Crippen LogP contribution in [-0.4, -0.2) is 41.3 Å². The summed E-state index contributed by atoms with van der Waals surface area (Å²) in [5.41, 5.74) is 2.13. The molecule has 1 aromatic carbocycles. The van der Waals surface area contributed by atoms with Gasteiger partial charge in [0.05, 0.1) is 5.69 Å². The first-order valence-corrected chi connectivity index (χ1v) is 6.88. The Morgan fingerprint density at radius 3 is 2.74 bits per heavy atom. The highest BCUT2D eigenvalue weighted by atomic mass is 16.5. The molecule has 0 aliphatic carbocycles. The van der Waals surface area contributed by atoms with Gasteiger partial charge in [0.2, 0.25) is 5.88 Å². The van der Waals surface area contributed by atoms with Gasteiger partial charge in [-0.1, -0.05) is 30.3 Å². The topological polar surface area (TPSA) is 41.1 Å². The Balaban J connectivity index is 1.53. The predicted molar refractivity (Wildman–Crippen MR) is 75.2 cm³/mol. The molecule has 1 fully saturated rings. The number of likely N-dealkylation sites (tertiary alicyclic amines) is 1. The molecule has 19 heavy (non-hydrogen) atoms. The summed E-state index contributed by atoms with van der Waals surface area (Å²) in [5, 5.41) is 7.20. The van der Waals surface area contributed by atoms with Crippen LogP contribution in [0, 0.1) is 0 Å². The molecule has 2 aromatic rings. The van der Waals surface area contributed by atoms with Gasteiger partial charge in [-0.25, -0.2) is 0 Å². The van der Waals surface area contributed by atoms with E-state index in [-0.39, 0.29) is 0 Å². The van der Waals surface area contributed by atoms with Crippen LogP contribution in [0.5, 0.6) is 5.88 Å². The van der Waals surface area contributed by atoms with Crippen molar-refractivity contribution in [2.24, 2.45) is 0 Å². The van der Waals surface area contributed by atoms with Crippen LogP contribution < -0.4 is 4.74 Å². The summed E-state index contributed by atoms with van der Waals surface area (Å²) in [6.07, 6.45) is 2.64. The molecule has 0 amide bonds. The van der Waals surface area contributed by atoms with Gasteiger partial charge in [-0.3, -0.25) is 10.00 Å². The maximum atomic E-state index is 5.69. The average molecular weight is 257 g/mol. The molecule has 3 rings (SSSR count). The van der Waals surface area contributed by atoms with E-state index in [2.05, 4.69) is 27.2 Å². The number of H-pyrrole nitrogens is 1. The molecule has 1 aliphatic heterocycles. The summed E-state index contributed by atoms with van der Waals surface area (Å²) in [7, 11) is 0. The minimum atomic E-state index is 0.679. The molecule has 0 saturated carbocycles. The van der Waals surface area contributed by atoms with Crippen LogP contribution in [0.2, 0.25) is 0 Å². The molecule has 0 spiro atoms. The summed E-state index contributed by atoms with van der Waals surface area (Å²) >= 11 is 0. The number of hydrogen-bond acceptors (Lipinski definition) is 3. The van der Waals surface area contributed by atoms with E-state index in [9.17, 15) is 0 Å². The molecule has 1 N–H and O–H groups in total. The van der Waals surface area contributed by atoms with Crippen LogP contribution >= 0.6 is 0 Å². The van der Waals surface area contributed by atoms with Gasteiger partial charge in [0.25, 0.3) is 0 Å². The first-order valence-electron chi connectivity index (χ1n) is 6.88. The van der Waals surface area contributed by atoms with Crippen LogP contribution in [0.3, 0.4) is 0 Å². The smallest absolute Gasteiger partial charge is 0.233 e. The standard InChI is InChI=1S/C15H19N3O/c1-2-6-13(7-3-1)14-12-15(17-16-14)19-11-10-18-8-4-5-9-18/h1-3,6-7,12H,4-5,8-11H2,(H,16,17). The Hall–Kier alpha value is -1.81. The van der Waals surface area contributed by atoms with E-state index in [0.717, 1.165) is 17.8 Å². The van der Waals surface area contributed by atoms with Crippen molar-refractivity contribution in [1.29, 1.82) is 0 Å². The van der Waals surface area contributed by atoms with Crippen molar-refractivity contribution in [3.63, 3.8) is 0 Å². The van der Waals surface area contributed by atoms with Crippen molar-refractivity contribution in [1.82, 2.24) is 15.1 Å². The van der Waals surface area contributed by atoms with E-state index in [1.807, 2.05) is 24.3 Å². The van der Waals surface area contributed by atoms with Gasteiger partial charge in [0.1, 0.15) is 6.61 Å². The number of nitrogens with zero attached hydrogens (tertiary/aromatic N) is 2. The van der Waals surface area contributed by atoms with Gasteiger partial charge in [0, 0.05) is 12.6 Å². The summed E-state index contributed by atoms with van der Waals surface area (Å²) in [5.74, 6) is 0.679. The van der Waals surface area contributed by atoms with Crippen molar-refractivity contribution in [3.05, 3.63) is 36.4 Å². The summed E-state index contributed by atoms with van der Waals surface area (Å²) in [6.45, 7) is 4.12. The Morgan fingerprint density at radius 2 is 1.95 bits per heavy atom. The molecule has 2 heterocycles. The van der Waals surface area contributed by atoms with Crippen molar-refractivity contribution >= 4 is 0 Å². The zero-order valence-corrected chi connectivity index (χ0v) is 11.0. The Kier molecular flexibility index (Phi) is 3.79. The fraction of sp³-hybridized carbons (Fsp3) is 0.400. The highest BCUT2D eigenvalue weighted by Crippen LogP contribution is 2.20. The van der Waals surface area contributed by atoms with E-state index in [0.29, 0.717) is 12.5 Å². The van der Waals surface area contributed by atoms with Crippen LogP contribution in [-0.2, 0) is 0 Å². The van der Waals surface area contributed by atoms with Gasteiger partial charge in [0.15, 0.2) is 0 Å². The molecule has 100 valence electrons. The maximum Gasteiger partial charge on any atom is 0.233 e. The third-order valence-electron chi connectivity index (χ3n) is 3.50. The van der Waals surface area contributed by atoms with Gasteiger partial charge in [-0.15, -0.1) is 5.10 Å². The van der Waals surface area contributed by atoms with E-state index in [4.69, 9.17) is 4.74 Å². The Labute approximate surface area is 113 Å². The van der Waals surface area contributed by atoms with Crippen LogP contribution in [0.4, 0.5) is 0 Å². The average Bonchev–Trinajstić information content (AvgIpc) is 3.11. The van der Waals surface area contributed by atoms with Gasteiger partial charge in [-0.2, -0.15) is 0 Å². The second kappa shape index (κ2) is 5.89. The van der Waals surface area contributed by atoms with E-state index in [1.54, 1.807) is 0 Å². The lowest BCUT2D eigenvalue weighted by Crippen LogP contribution is -2.25. The minimum absolute atomic E-state index is 0.679. The predicted octanol–water partition coefficient (Wildman–Crippen LogP) is 2.55. The zero-order valence-electron chi connectivity index (χ0n) is 11.0. The number of hydrogen-bond donors (Lipinski definition) is 1. The third kappa shape index (κ3) is 3.15. The van der Waals surface area contributed by atoms with Crippen molar-refractivity contribution < 1.29 is 4.74 Å². The lowest BCUT2D eigenvalue weighted by molar-refractivity contribution is 0.232. The molecule has 4 heteroatoms. The number of aromatic nitrogens is 2. The molecule has 1 saturated heterocycles. The third-order valence-corrected chi connectivity index (χ3v) is 3.50. The summed E-state index contributed by atoms with van der Waals surface area (Å²) in [4.78, 5) is 2.44. The number of benzene rings is 1. The van der Waals surface area contributed by atoms with E-state index in [1.165, 1.54) is 25.9 Å². The fourth-order valence-electron chi connectivity index (χ4n) is 2.43. The largest absolute Gasteiger partial charge is 0.475 e. The molecule has 0 bridgehead atoms. The lowest BCUT2D eigenvalue weighted by Gasteiger charge is -2.13. The second-order valence-electron chi connectivity index (χ2n) is 4.88. The molecular formula is C15H19N3O. The van der Waals surface area contributed by atoms with Gasteiger partial charge >= 0.3 is 0 Å².